The maximum Gasteiger partial charge on any atom is 0.326 e. The molecular formula is C12H10BrClN4O2. The van der Waals surface area contributed by atoms with Crippen molar-refractivity contribution in [3.8, 4) is 5.75 Å². The standard InChI is InChI=1S/C12H10BrClN4O2/c1-20-10-3-2-8(14)4-9(10)17-12(19)18-11-15-5-7(13)6-16-11/h2-6H,1H3,(H2,15,16,17,18,19). The SMILES string of the molecule is COc1ccc(Cl)cc1NC(=O)Nc1ncc(Br)cn1. The normalized spacial score (nSPS) is 9.95. The summed E-state index contributed by atoms with van der Waals surface area (Å²) in [6.07, 6.45) is 3.06. The fraction of sp³-hybridized carbons (Fsp3) is 0.0833. The Balaban J connectivity index is 2.08. The van der Waals surface area contributed by atoms with Crippen LogP contribution >= 0.6 is 27.5 Å². The van der Waals surface area contributed by atoms with Crippen molar-refractivity contribution in [1.29, 1.82) is 0 Å². The molecule has 0 fully saturated rings. The van der Waals surface area contributed by atoms with E-state index in [9.17, 15) is 4.79 Å². The molecule has 0 aliphatic heterocycles. The zero-order valence-electron chi connectivity index (χ0n) is 10.4. The van der Waals surface area contributed by atoms with Crippen molar-refractivity contribution in [3.05, 3.63) is 40.1 Å². The van der Waals surface area contributed by atoms with Crippen LogP contribution in [0.15, 0.2) is 35.1 Å². The van der Waals surface area contributed by atoms with E-state index >= 15 is 0 Å². The van der Waals surface area contributed by atoms with Crippen molar-refractivity contribution >= 4 is 45.2 Å². The molecule has 0 saturated carbocycles. The minimum Gasteiger partial charge on any atom is -0.495 e. The number of carbonyl (C=O) groups is 1. The van der Waals surface area contributed by atoms with Gasteiger partial charge in [-0.05, 0) is 34.1 Å². The molecule has 1 aromatic carbocycles. The van der Waals surface area contributed by atoms with Gasteiger partial charge in [0.1, 0.15) is 5.75 Å². The third-order valence-electron chi connectivity index (χ3n) is 2.26. The van der Waals surface area contributed by atoms with Gasteiger partial charge in [-0.15, -0.1) is 0 Å². The number of rotatable bonds is 3. The quantitative estimate of drug-likeness (QED) is 0.881. The fourth-order valence-electron chi connectivity index (χ4n) is 1.41. The van der Waals surface area contributed by atoms with Crippen molar-refractivity contribution < 1.29 is 9.53 Å². The molecule has 104 valence electrons. The number of hydrogen-bond donors (Lipinski definition) is 2. The lowest BCUT2D eigenvalue weighted by Gasteiger charge is -2.10. The maximum atomic E-state index is 11.8. The highest BCUT2D eigenvalue weighted by molar-refractivity contribution is 9.10. The lowest BCUT2D eigenvalue weighted by Crippen LogP contribution is -2.21. The summed E-state index contributed by atoms with van der Waals surface area (Å²) >= 11 is 9.09. The first-order chi connectivity index (χ1) is 9.58. The summed E-state index contributed by atoms with van der Waals surface area (Å²) in [4.78, 5) is 19.7. The largest absolute Gasteiger partial charge is 0.495 e. The van der Waals surface area contributed by atoms with Crippen molar-refractivity contribution in [1.82, 2.24) is 9.97 Å². The summed E-state index contributed by atoms with van der Waals surface area (Å²) in [5.74, 6) is 0.688. The summed E-state index contributed by atoms with van der Waals surface area (Å²) < 4.78 is 5.85. The van der Waals surface area contributed by atoms with Gasteiger partial charge in [0.15, 0.2) is 0 Å². The molecule has 1 heterocycles. The number of urea groups is 1. The first kappa shape index (κ1) is 14.5. The molecule has 0 bridgehead atoms. The van der Waals surface area contributed by atoms with Gasteiger partial charge in [0.2, 0.25) is 5.95 Å². The average molecular weight is 358 g/mol. The van der Waals surface area contributed by atoms with E-state index in [1.165, 1.54) is 19.5 Å². The number of nitrogens with one attached hydrogen (secondary N) is 2. The van der Waals surface area contributed by atoms with Gasteiger partial charge >= 0.3 is 6.03 Å². The van der Waals surface area contributed by atoms with Gasteiger partial charge < -0.3 is 10.1 Å². The Labute approximate surface area is 128 Å². The third kappa shape index (κ3) is 3.82. The molecule has 0 atom stereocenters. The number of benzene rings is 1. The van der Waals surface area contributed by atoms with Crippen LogP contribution in [0.3, 0.4) is 0 Å². The highest BCUT2D eigenvalue weighted by atomic mass is 79.9. The minimum absolute atomic E-state index is 0.187. The van der Waals surface area contributed by atoms with Crippen LogP contribution in [0.1, 0.15) is 0 Å². The van der Waals surface area contributed by atoms with Crippen molar-refractivity contribution in [2.75, 3.05) is 17.7 Å². The number of ether oxygens (including phenoxy) is 1. The fourth-order valence-corrected chi connectivity index (χ4v) is 1.79. The van der Waals surface area contributed by atoms with Crippen LogP contribution < -0.4 is 15.4 Å². The lowest BCUT2D eigenvalue weighted by atomic mass is 10.3. The molecule has 20 heavy (non-hydrogen) atoms. The Bertz CT molecular complexity index is 621. The maximum absolute atomic E-state index is 11.8. The Hall–Kier alpha value is -1.86. The number of anilines is 2. The van der Waals surface area contributed by atoms with Gasteiger partial charge in [-0.3, -0.25) is 5.32 Å². The molecule has 0 aliphatic carbocycles. The van der Waals surface area contributed by atoms with E-state index in [1.807, 2.05) is 0 Å². The zero-order valence-corrected chi connectivity index (χ0v) is 12.7. The number of nitrogens with zero attached hydrogens (tertiary/aromatic N) is 2. The number of carbonyl (C=O) groups excluding carboxylic acids is 1. The van der Waals surface area contributed by atoms with Crippen LogP contribution in [0.4, 0.5) is 16.4 Å². The molecule has 6 nitrogen and oxygen atoms in total. The molecule has 0 unspecified atom stereocenters. The minimum atomic E-state index is -0.493. The molecule has 1 aromatic heterocycles. The van der Waals surface area contributed by atoms with Crippen molar-refractivity contribution in [2.24, 2.45) is 0 Å². The van der Waals surface area contributed by atoms with E-state index in [0.29, 0.717) is 16.5 Å². The van der Waals surface area contributed by atoms with Crippen LogP contribution in [0, 0.1) is 0 Å². The van der Waals surface area contributed by atoms with Gasteiger partial charge in [-0.1, -0.05) is 11.6 Å². The smallest absolute Gasteiger partial charge is 0.326 e. The summed E-state index contributed by atoms with van der Waals surface area (Å²) in [5.41, 5.74) is 0.453. The zero-order chi connectivity index (χ0) is 14.5. The van der Waals surface area contributed by atoms with Gasteiger partial charge in [-0.2, -0.15) is 0 Å². The molecule has 0 aliphatic rings. The van der Waals surface area contributed by atoms with Crippen LogP contribution in [0.2, 0.25) is 5.02 Å². The second-order valence-electron chi connectivity index (χ2n) is 3.65. The average Bonchev–Trinajstić information content (AvgIpc) is 2.41. The number of methoxy groups -OCH3 is 1. The molecule has 2 rings (SSSR count). The number of hydrogen-bond acceptors (Lipinski definition) is 4. The summed E-state index contributed by atoms with van der Waals surface area (Å²) in [5, 5.41) is 5.60. The Morgan fingerprint density at radius 2 is 2.00 bits per heavy atom. The van der Waals surface area contributed by atoms with Crippen LogP contribution in [-0.2, 0) is 0 Å². The van der Waals surface area contributed by atoms with Gasteiger partial charge in [0.05, 0.1) is 17.3 Å². The molecule has 2 aromatic rings. The summed E-state index contributed by atoms with van der Waals surface area (Å²) in [6, 6.07) is 4.42. The van der Waals surface area contributed by atoms with E-state index < -0.39 is 6.03 Å². The predicted molar refractivity (Wildman–Crippen MR) is 80.4 cm³/mol. The van der Waals surface area contributed by atoms with Gasteiger partial charge in [-0.25, -0.2) is 14.8 Å². The van der Waals surface area contributed by atoms with Crippen molar-refractivity contribution in [2.45, 2.75) is 0 Å². The predicted octanol–water partition coefficient (Wildman–Crippen LogP) is 3.55. The summed E-state index contributed by atoms with van der Waals surface area (Å²) in [6.45, 7) is 0. The van der Waals surface area contributed by atoms with Crippen LogP contribution in [0.5, 0.6) is 5.75 Å². The lowest BCUT2D eigenvalue weighted by molar-refractivity contribution is 0.262. The highest BCUT2D eigenvalue weighted by Crippen LogP contribution is 2.27. The molecule has 0 radical (unpaired) electrons. The monoisotopic (exact) mass is 356 g/mol. The third-order valence-corrected chi connectivity index (χ3v) is 2.90. The van der Waals surface area contributed by atoms with Gasteiger partial charge in [0, 0.05) is 17.4 Å². The second-order valence-corrected chi connectivity index (χ2v) is 5.00. The van der Waals surface area contributed by atoms with Crippen LogP contribution in [0.25, 0.3) is 0 Å². The number of halogens is 2. The van der Waals surface area contributed by atoms with Crippen LogP contribution in [-0.4, -0.2) is 23.1 Å². The Morgan fingerprint density at radius 3 is 2.65 bits per heavy atom. The second kappa shape index (κ2) is 6.53. The molecular weight excluding hydrogens is 348 g/mol. The molecule has 8 heteroatoms. The molecule has 2 amide bonds. The van der Waals surface area contributed by atoms with Crippen molar-refractivity contribution in [3.63, 3.8) is 0 Å². The summed E-state index contributed by atoms with van der Waals surface area (Å²) in [7, 11) is 1.50. The van der Waals surface area contributed by atoms with E-state index in [4.69, 9.17) is 16.3 Å². The van der Waals surface area contributed by atoms with E-state index in [0.717, 1.165) is 4.47 Å². The van der Waals surface area contributed by atoms with E-state index in [1.54, 1.807) is 18.2 Å². The number of amides is 2. The molecule has 0 spiro atoms. The molecule has 2 N–H and O–H groups in total. The van der Waals surface area contributed by atoms with E-state index in [2.05, 4.69) is 36.5 Å². The van der Waals surface area contributed by atoms with Gasteiger partial charge in [0.25, 0.3) is 0 Å². The first-order valence-electron chi connectivity index (χ1n) is 5.47. The Kier molecular flexibility index (Phi) is 4.75. The topological polar surface area (TPSA) is 76.1 Å². The van der Waals surface area contributed by atoms with E-state index in [-0.39, 0.29) is 5.95 Å². The first-order valence-corrected chi connectivity index (χ1v) is 6.64. The number of aromatic nitrogens is 2. The highest BCUT2D eigenvalue weighted by Gasteiger charge is 2.09. The Morgan fingerprint density at radius 1 is 1.30 bits per heavy atom. The molecule has 0 saturated heterocycles.